The van der Waals surface area contributed by atoms with E-state index in [4.69, 9.17) is 10.8 Å². The fraction of sp³-hybridized carbons (Fsp3) is 0.417. The van der Waals surface area contributed by atoms with Crippen LogP contribution in [0.4, 0.5) is 0 Å². The van der Waals surface area contributed by atoms with Crippen LogP contribution < -0.4 is 16.4 Å². The molecule has 5 heteroatoms. The maximum Gasteiger partial charge on any atom is 0.237 e. The molecule has 0 radical (unpaired) electrons. The van der Waals surface area contributed by atoms with E-state index in [1.807, 2.05) is 0 Å². The Labute approximate surface area is 100 Å². The first-order chi connectivity index (χ1) is 8.15. The average molecular weight is 235 g/mol. The van der Waals surface area contributed by atoms with Gasteiger partial charge in [-0.05, 0) is 24.1 Å². The van der Waals surface area contributed by atoms with Crippen LogP contribution >= 0.6 is 0 Å². The number of hydrogen-bond donors (Lipinski definition) is 4. The third kappa shape index (κ3) is 3.18. The zero-order valence-corrected chi connectivity index (χ0v) is 9.52. The van der Waals surface area contributed by atoms with Gasteiger partial charge in [0.1, 0.15) is 5.75 Å². The Bertz CT molecular complexity index is 391. The van der Waals surface area contributed by atoms with Crippen LogP contribution in [0, 0.1) is 0 Å². The molecule has 1 saturated heterocycles. The predicted molar refractivity (Wildman–Crippen MR) is 64.3 cm³/mol. The van der Waals surface area contributed by atoms with Crippen LogP contribution in [0.25, 0.3) is 0 Å². The normalized spacial score (nSPS) is 23.6. The van der Waals surface area contributed by atoms with E-state index in [0.717, 1.165) is 5.56 Å². The molecule has 1 aliphatic rings. The van der Waals surface area contributed by atoms with E-state index in [-0.39, 0.29) is 23.7 Å². The summed E-state index contributed by atoms with van der Waals surface area (Å²) in [5.41, 5.74) is 6.67. The quantitative estimate of drug-likeness (QED) is 0.579. The number of nitrogens with one attached hydrogen (secondary N) is 2. The summed E-state index contributed by atoms with van der Waals surface area (Å²) in [4.78, 5) is 11.8. The van der Waals surface area contributed by atoms with Crippen LogP contribution in [0.3, 0.4) is 0 Å². The van der Waals surface area contributed by atoms with E-state index in [9.17, 15) is 4.79 Å². The lowest BCUT2D eigenvalue weighted by atomic mass is 10.1. The summed E-state index contributed by atoms with van der Waals surface area (Å²) in [6.07, 6.45) is 0.682. The van der Waals surface area contributed by atoms with E-state index < -0.39 is 0 Å². The third-order valence-electron chi connectivity index (χ3n) is 2.88. The monoisotopic (exact) mass is 235 g/mol. The summed E-state index contributed by atoms with van der Waals surface area (Å²) in [6, 6.07) is 6.66. The zero-order chi connectivity index (χ0) is 12.3. The molecule has 17 heavy (non-hydrogen) atoms. The van der Waals surface area contributed by atoms with Crippen molar-refractivity contribution in [2.75, 3.05) is 6.54 Å². The molecule has 0 spiro atoms. The molecule has 1 aliphatic heterocycles. The van der Waals surface area contributed by atoms with Crippen LogP contribution in [-0.4, -0.2) is 29.6 Å². The molecule has 5 N–H and O–H groups in total. The van der Waals surface area contributed by atoms with Gasteiger partial charge in [-0.25, -0.2) is 0 Å². The number of hydrogen-bond acceptors (Lipinski definition) is 4. The first-order valence-corrected chi connectivity index (χ1v) is 5.70. The Balaban J connectivity index is 1.82. The van der Waals surface area contributed by atoms with E-state index in [1.165, 1.54) is 0 Å². The number of phenols is 1. The summed E-state index contributed by atoms with van der Waals surface area (Å²) < 4.78 is 0. The number of aromatic hydroxyl groups is 1. The highest BCUT2D eigenvalue weighted by Crippen LogP contribution is 2.10. The molecule has 2 rings (SSSR count). The Morgan fingerprint density at radius 1 is 1.47 bits per heavy atom. The molecule has 1 aromatic carbocycles. The molecule has 1 aromatic rings. The molecule has 0 saturated carbocycles. The highest BCUT2D eigenvalue weighted by Gasteiger charge is 2.26. The standard InChI is InChI=1S/C12H17N3O2/c13-9-5-11(14-7-9)12(17)15-6-8-1-3-10(16)4-2-8/h1-4,9,11,14,16H,5-7,13H2,(H,15,17). The molecule has 2 unspecified atom stereocenters. The fourth-order valence-electron chi connectivity index (χ4n) is 1.89. The van der Waals surface area contributed by atoms with Crippen LogP contribution in [0.1, 0.15) is 12.0 Å². The summed E-state index contributed by atoms with van der Waals surface area (Å²) in [7, 11) is 0. The minimum absolute atomic E-state index is 0.0222. The smallest absolute Gasteiger partial charge is 0.237 e. The van der Waals surface area contributed by atoms with Gasteiger partial charge in [0, 0.05) is 19.1 Å². The number of benzene rings is 1. The van der Waals surface area contributed by atoms with E-state index in [2.05, 4.69) is 10.6 Å². The third-order valence-corrected chi connectivity index (χ3v) is 2.88. The molecule has 1 amide bonds. The van der Waals surface area contributed by atoms with Gasteiger partial charge in [-0.1, -0.05) is 12.1 Å². The van der Waals surface area contributed by atoms with Crippen LogP contribution in [0.2, 0.25) is 0 Å². The van der Waals surface area contributed by atoms with Crippen molar-refractivity contribution in [3.63, 3.8) is 0 Å². The summed E-state index contributed by atoms with van der Waals surface area (Å²) in [6.45, 7) is 1.16. The first kappa shape index (κ1) is 11.9. The molecule has 0 aliphatic carbocycles. The second-order valence-corrected chi connectivity index (χ2v) is 4.34. The molecule has 0 bridgehead atoms. The number of carbonyl (C=O) groups is 1. The number of rotatable bonds is 3. The number of phenolic OH excluding ortho intramolecular Hbond substituents is 1. The minimum atomic E-state index is -0.179. The Kier molecular flexibility index (Phi) is 3.61. The van der Waals surface area contributed by atoms with Gasteiger partial charge in [-0.3, -0.25) is 4.79 Å². The predicted octanol–water partition coefficient (Wildman–Crippen LogP) is -0.302. The molecular formula is C12H17N3O2. The largest absolute Gasteiger partial charge is 0.508 e. The van der Waals surface area contributed by atoms with Crippen LogP contribution in [0.15, 0.2) is 24.3 Å². The molecule has 1 heterocycles. The van der Waals surface area contributed by atoms with E-state index in [0.29, 0.717) is 19.5 Å². The van der Waals surface area contributed by atoms with Crippen molar-refractivity contribution in [1.29, 1.82) is 0 Å². The Morgan fingerprint density at radius 2 is 2.18 bits per heavy atom. The molecule has 2 atom stereocenters. The van der Waals surface area contributed by atoms with Gasteiger partial charge in [-0.15, -0.1) is 0 Å². The van der Waals surface area contributed by atoms with Crippen LogP contribution in [-0.2, 0) is 11.3 Å². The minimum Gasteiger partial charge on any atom is -0.508 e. The van der Waals surface area contributed by atoms with Gasteiger partial charge in [-0.2, -0.15) is 0 Å². The number of nitrogens with two attached hydrogens (primary N) is 1. The SMILES string of the molecule is NC1CNC(C(=O)NCc2ccc(O)cc2)C1. The van der Waals surface area contributed by atoms with Crippen molar-refractivity contribution >= 4 is 5.91 Å². The van der Waals surface area contributed by atoms with Gasteiger partial charge in [0.25, 0.3) is 0 Å². The average Bonchev–Trinajstić information content (AvgIpc) is 2.75. The van der Waals surface area contributed by atoms with Gasteiger partial charge >= 0.3 is 0 Å². The molecule has 0 aromatic heterocycles. The van der Waals surface area contributed by atoms with Crippen molar-refractivity contribution in [3.8, 4) is 5.75 Å². The topological polar surface area (TPSA) is 87.4 Å². The van der Waals surface area contributed by atoms with E-state index >= 15 is 0 Å². The van der Waals surface area contributed by atoms with Gasteiger partial charge < -0.3 is 21.5 Å². The highest BCUT2D eigenvalue weighted by molar-refractivity contribution is 5.82. The molecule has 1 fully saturated rings. The lowest BCUT2D eigenvalue weighted by molar-refractivity contribution is -0.122. The molecule has 5 nitrogen and oxygen atoms in total. The molecular weight excluding hydrogens is 218 g/mol. The van der Waals surface area contributed by atoms with Crippen molar-refractivity contribution in [2.24, 2.45) is 5.73 Å². The summed E-state index contributed by atoms with van der Waals surface area (Å²) in [5, 5.41) is 15.0. The zero-order valence-electron chi connectivity index (χ0n) is 9.52. The number of carbonyl (C=O) groups excluding carboxylic acids is 1. The van der Waals surface area contributed by atoms with E-state index in [1.54, 1.807) is 24.3 Å². The summed E-state index contributed by atoms with van der Waals surface area (Å²) in [5.74, 6) is 0.203. The van der Waals surface area contributed by atoms with Crippen molar-refractivity contribution in [3.05, 3.63) is 29.8 Å². The van der Waals surface area contributed by atoms with Gasteiger partial charge in [0.2, 0.25) is 5.91 Å². The number of amides is 1. The second-order valence-electron chi connectivity index (χ2n) is 4.34. The lowest BCUT2D eigenvalue weighted by Crippen LogP contribution is -2.39. The summed E-state index contributed by atoms with van der Waals surface area (Å²) >= 11 is 0. The van der Waals surface area contributed by atoms with Gasteiger partial charge in [0.15, 0.2) is 0 Å². The maximum absolute atomic E-state index is 11.8. The maximum atomic E-state index is 11.8. The Hall–Kier alpha value is -1.59. The molecule has 92 valence electrons. The highest BCUT2D eigenvalue weighted by atomic mass is 16.3. The van der Waals surface area contributed by atoms with Crippen molar-refractivity contribution in [1.82, 2.24) is 10.6 Å². The fourth-order valence-corrected chi connectivity index (χ4v) is 1.89. The van der Waals surface area contributed by atoms with Gasteiger partial charge in [0.05, 0.1) is 6.04 Å². The second kappa shape index (κ2) is 5.16. The lowest BCUT2D eigenvalue weighted by Gasteiger charge is -2.11. The van der Waals surface area contributed by atoms with Crippen molar-refractivity contribution < 1.29 is 9.90 Å². The van der Waals surface area contributed by atoms with Crippen molar-refractivity contribution in [2.45, 2.75) is 25.0 Å². The first-order valence-electron chi connectivity index (χ1n) is 5.70. The Morgan fingerprint density at radius 3 is 2.76 bits per heavy atom. The van der Waals surface area contributed by atoms with Crippen LogP contribution in [0.5, 0.6) is 5.75 Å².